The minimum absolute atomic E-state index is 0.169. The molecule has 2 aromatic carbocycles. The number of hydrogen-bond donors (Lipinski definition) is 1. The Kier molecular flexibility index (Phi) is 9.98. The second-order valence-electron chi connectivity index (χ2n) is 6.92. The maximum Gasteiger partial charge on any atom is 0.261 e. The monoisotopic (exact) mass is 450 g/mol. The van der Waals surface area contributed by atoms with Gasteiger partial charge in [-0.05, 0) is 48.7 Å². The topological polar surface area (TPSA) is 58.6 Å². The van der Waals surface area contributed by atoms with Crippen LogP contribution in [0.3, 0.4) is 0 Å². The van der Waals surface area contributed by atoms with E-state index in [1.807, 2.05) is 25.1 Å². The zero-order valence-electron chi connectivity index (χ0n) is 17.4. The number of rotatable bonds is 11. The molecule has 0 aromatic heterocycles. The van der Waals surface area contributed by atoms with Crippen LogP contribution in [0.4, 0.5) is 0 Å². The van der Waals surface area contributed by atoms with Crippen molar-refractivity contribution in [3.8, 4) is 5.75 Å². The van der Waals surface area contributed by atoms with Crippen LogP contribution in [0.25, 0.3) is 0 Å². The summed E-state index contributed by atoms with van der Waals surface area (Å²) >= 11 is 12.2. The molecule has 0 unspecified atom stereocenters. The molecular weight excluding hydrogens is 423 g/mol. The summed E-state index contributed by atoms with van der Waals surface area (Å²) in [7, 11) is 0. The van der Waals surface area contributed by atoms with Crippen molar-refractivity contribution in [1.29, 1.82) is 0 Å². The van der Waals surface area contributed by atoms with Crippen LogP contribution in [0.5, 0.6) is 5.75 Å². The molecule has 0 aliphatic heterocycles. The highest BCUT2D eigenvalue weighted by Crippen LogP contribution is 2.20. The van der Waals surface area contributed by atoms with Gasteiger partial charge in [0.05, 0.1) is 0 Å². The van der Waals surface area contributed by atoms with Crippen molar-refractivity contribution >= 4 is 35.0 Å². The Bertz CT molecular complexity index is 827. The zero-order chi connectivity index (χ0) is 21.9. The molecule has 0 aliphatic rings. The average molecular weight is 451 g/mol. The molecule has 0 saturated heterocycles. The molecule has 0 spiro atoms. The van der Waals surface area contributed by atoms with Crippen molar-refractivity contribution in [3.05, 3.63) is 64.1 Å². The lowest BCUT2D eigenvalue weighted by molar-refractivity contribution is -0.143. The van der Waals surface area contributed by atoms with Gasteiger partial charge in [0, 0.05) is 23.1 Å². The highest BCUT2D eigenvalue weighted by Gasteiger charge is 2.29. The molecule has 7 heteroatoms. The van der Waals surface area contributed by atoms with Gasteiger partial charge in [0.25, 0.3) is 5.91 Å². The van der Waals surface area contributed by atoms with Crippen molar-refractivity contribution in [1.82, 2.24) is 10.2 Å². The van der Waals surface area contributed by atoms with E-state index in [1.165, 1.54) is 0 Å². The number of nitrogens with one attached hydrogen (secondary N) is 1. The third-order valence-electron chi connectivity index (χ3n) is 4.69. The number of benzene rings is 2. The maximum absolute atomic E-state index is 13.1. The van der Waals surface area contributed by atoms with Gasteiger partial charge in [-0.3, -0.25) is 9.59 Å². The third-order valence-corrected chi connectivity index (χ3v) is 5.31. The minimum Gasteiger partial charge on any atom is -0.484 e. The molecule has 0 bridgehead atoms. The van der Waals surface area contributed by atoms with Gasteiger partial charge < -0.3 is 15.0 Å². The van der Waals surface area contributed by atoms with Crippen LogP contribution >= 0.6 is 23.2 Å². The molecule has 0 aliphatic carbocycles. The Hall–Kier alpha value is -2.24. The van der Waals surface area contributed by atoms with Crippen molar-refractivity contribution in [2.45, 2.75) is 45.7 Å². The molecule has 0 fully saturated rings. The number of hydrogen-bond acceptors (Lipinski definition) is 3. The van der Waals surface area contributed by atoms with Gasteiger partial charge in [-0.15, -0.1) is 0 Å². The van der Waals surface area contributed by atoms with E-state index >= 15 is 0 Å². The van der Waals surface area contributed by atoms with E-state index in [0.29, 0.717) is 28.8 Å². The Morgan fingerprint density at radius 3 is 2.40 bits per heavy atom. The first-order valence-corrected chi connectivity index (χ1v) is 10.9. The first-order valence-electron chi connectivity index (χ1n) is 10.1. The predicted octanol–water partition coefficient (Wildman–Crippen LogP) is 5.10. The Labute approximate surface area is 188 Å². The van der Waals surface area contributed by atoms with Gasteiger partial charge in [0.2, 0.25) is 5.91 Å². The molecule has 0 radical (unpaired) electrons. The maximum atomic E-state index is 13.1. The molecule has 5 nitrogen and oxygen atoms in total. The SMILES string of the molecule is CCCCNC(=O)[C@@H](CC)N(Cc1ccccc1Cl)C(=O)COc1ccc(Cl)cc1. The van der Waals surface area contributed by atoms with Crippen molar-refractivity contribution in [3.63, 3.8) is 0 Å². The van der Waals surface area contributed by atoms with Crippen LogP contribution in [-0.2, 0) is 16.1 Å². The largest absolute Gasteiger partial charge is 0.484 e. The van der Waals surface area contributed by atoms with Crippen LogP contribution in [-0.4, -0.2) is 35.9 Å². The summed E-state index contributed by atoms with van der Waals surface area (Å²) in [6, 6.07) is 13.5. The van der Waals surface area contributed by atoms with E-state index in [-0.39, 0.29) is 25.0 Å². The van der Waals surface area contributed by atoms with E-state index < -0.39 is 6.04 Å². The normalized spacial score (nSPS) is 11.6. The van der Waals surface area contributed by atoms with Gasteiger partial charge in [0.15, 0.2) is 6.61 Å². The number of carbonyl (C=O) groups is 2. The summed E-state index contributed by atoms with van der Waals surface area (Å²) in [5.41, 5.74) is 0.777. The van der Waals surface area contributed by atoms with Gasteiger partial charge in [-0.2, -0.15) is 0 Å². The van der Waals surface area contributed by atoms with E-state index in [2.05, 4.69) is 12.2 Å². The van der Waals surface area contributed by atoms with Gasteiger partial charge in [0.1, 0.15) is 11.8 Å². The molecule has 0 heterocycles. The van der Waals surface area contributed by atoms with Crippen LogP contribution in [0, 0.1) is 0 Å². The minimum atomic E-state index is -0.612. The van der Waals surface area contributed by atoms with Crippen molar-refractivity contribution in [2.75, 3.05) is 13.2 Å². The summed E-state index contributed by atoms with van der Waals surface area (Å²) in [4.78, 5) is 27.4. The standard InChI is InChI=1S/C23H28Cl2N2O3/c1-3-5-14-26-23(29)21(4-2)27(15-17-8-6-7-9-20(17)25)22(28)16-30-19-12-10-18(24)11-13-19/h6-13,21H,3-5,14-16H2,1-2H3,(H,26,29)/t21-/m1/s1. The third kappa shape index (κ3) is 7.22. The molecule has 162 valence electrons. The molecule has 2 aromatic rings. The van der Waals surface area contributed by atoms with Crippen LogP contribution in [0.1, 0.15) is 38.7 Å². The van der Waals surface area contributed by atoms with E-state index in [9.17, 15) is 9.59 Å². The number of halogens is 2. The summed E-state index contributed by atoms with van der Waals surface area (Å²) in [6.07, 6.45) is 2.35. The van der Waals surface area contributed by atoms with Gasteiger partial charge in [-0.1, -0.05) is 61.7 Å². The first-order chi connectivity index (χ1) is 14.5. The van der Waals surface area contributed by atoms with Crippen molar-refractivity contribution < 1.29 is 14.3 Å². The summed E-state index contributed by atoms with van der Waals surface area (Å²) in [5, 5.41) is 4.07. The Morgan fingerprint density at radius 1 is 1.07 bits per heavy atom. The number of nitrogens with zero attached hydrogens (tertiary/aromatic N) is 1. The Balaban J connectivity index is 2.17. The first kappa shape index (κ1) is 24.0. The lowest BCUT2D eigenvalue weighted by Crippen LogP contribution is -2.50. The molecule has 1 atom stereocenters. The lowest BCUT2D eigenvalue weighted by Gasteiger charge is -2.30. The van der Waals surface area contributed by atoms with E-state index in [4.69, 9.17) is 27.9 Å². The molecule has 2 rings (SSSR count). The summed E-state index contributed by atoms with van der Waals surface area (Å²) < 4.78 is 5.63. The quantitative estimate of drug-likeness (QED) is 0.484. The fourth-order valence-electron chi connectivity index (χ4n) is 2.99. The van der Waals surface area contributed by atoms with E-state index in [0.717, 1.165) is 18.4 Å². The molecule has 1 N–H and O–H groups in total. The smallest absolute Gasteiger partial charge is 0.261 e. The fraction of sp³-hybridized carbons (Fsp3) is 0.391. The number of amides is 2. The fourth-order valence-corrected chi connectivity index (χ4v) is 3.32. The average Bonchev–Trinajstić information content (AvgIpc) is 2.74. The molecule has 0 saturated carbocycles. The van der Waals surface area contributed by atoms with Crippen LogP contribution in [0.2, 0.25) is 10.0 Å². The Morgan fingerprint density at radius 2 is 1.77 bits per heavy atom. The molecule has 2 amide bonds. The van der Waals surface area contributed by atoms with Crippen LogP contribution < -0.4 is 10.1 Å². The molecular formula is C23H28Cl2N2O3. The predicted molar refractivity (Wildman–Crippen MR) is 121 cm³/mol. The summed E-state index contributed by atoms with van der Waals surface area (Å²) in [6.45, 7) is 4.57. The zero-order valence-corrected chi connectivity index (χ0v) is 18.9. The second kappa shape index (κ2) is 12.5. The highest BCUT2D eigenvalue weighted by atomic mass is 35.5. The van der Waals surface area contributed by atoms with Gasteiger partial charge >= 0.3 is 0 Å². The number of carbonyl (C=O) groups excluding carboxylic acids is 2. The summed E-state index contributed by atoms with van der Waals surface area (Å²) in [5.74, 6) is 0.0751. The van der Waals surface area contributed by atoms with Crippen molar-refractivity contribution in [2.24, 2.45) is 0 Å². The van der Waals surface area contributed by atoms with Gasteiger partial charge in [-0.25, -0.2) is 0 Å². The number of ether oxygens (including phenoxy) is 1. The highest BCUT2D eigenvalue weighted by molar-refractivity contribution is 6.31. The lowest BCUT2D eigenvalue weighted by atomic mass is 10.1. The second-order valence-corrected chi connectivity index (χ2v) is 7.77. The van der Waals surface area contributed by atoms with Crippen LogP contribution in [0.15, 0.2) is 48.5 Å². The van der Waals surface area contributed by atoms with E-state index in [1.54, 1.807) is 35.2 Å². The molecule has 30 heavy (non-hydrogen) atoms. The number of unbranched alkanes of at least 4 members (excludes halogenated alkanes) is 1.